The zero-order valence-electron chi connectivity index (χ0n) is 11.8. The van der Waals surface area contributed by atoms with Crippen LogP contribution in [-0.4, -0.2) is 30.2 Å². The number of benzene rings is 1. The SMILES string of the molecule is CCCC(CC)Nc1ccc(C(=O)NCCO)cc1. The zero-order chi connectivity index (χ0) is 14.1. The van der Waals surface area contributed by atoms with Gasteiger partial charge in [-0.05, 0) is 37.1 Å². The summed E-state index contributed by atoms with van der Waals surface area (Å²) in [5.41, 5.74) is 1.65. The summed E-state index contributed by atoms with van der Waals surface area (Å²) in [5, 5.41) is 14.8. The van der Waals surface area contributed by atoms with E-state index in [2.05, 4.69) is 24.5 Å². The number of hydrogen-bond acceptors (Lipinski definition) is 3. The predicted octanol–water partition coefficient (Wildman–Crippen LogP) is 2.40. The van der Waals surface area contributed by atoms with E-state index in [0.717, 1.165) is 24.9 Å². The molecule has 0 aliphatic heterocycles. The van der Waals surface area contributed by atoms with Crippen LogP contribution in [-0.2, 0) is 0 Å². The summed E-state index contributed by atoms with van der Waals surface area (Å²) in [7, 11) is 0. The Kier molecular flexibility index (Phi) is 6.97. The van der Waals surface area contributed by atoms with Gasteiger partial charge in [-0.25, -0.2) is 0 Å². The second-order valence-corrected chi connectivity index (χ2v) is 4.60. The Labute approximate surface area is 115 Å². The highest BCUT2D eigenvalue weighted by atomic mass is 16.3. The van der Waals surface area contributed by atoms with Gasteiger partial charge in [0.15, 0.2) is 0 Å². The Morgan fingerprint density at radius 1 is 1.26 bits per heavy atom. The van der Waals surface area contributed by atoms with Crippen LogP contribution in [0.25, 0.3) is 0 Å². The van der Waals surface area contributed by atoms with Crippen molar-refractivity contribution in [2.75, 3.05) is 18.5 Å². The van der Waals surface area contributed by atoms with Crippen LogP contribution in [0.3, 0.4) is 0 Å². The van der Waals surface area contributed by atoms with Gasteiger partial charge in [0.1, 0.15) is 0 Å². The highest BCUT2D eigenvalue weighted by Gasteiger charge is 2.07. The Balaban J connectivity index is 2.57. The van der Waals surface area contributed by atoms with Gasteiger partial charge in [0.05, 0.1) is 6.61 Å². The molecule has 1 atom stereocenters. The molecule has 19 heavy (non-hydrogen) atoms. The van der Waals surface area contributed by atoms with Gasteiger partial charge in [-0.3, -0.25) is 4.79 Å². The molecule has 1 unspecified atom stereocenters. The fourth-order valence-electron chi connectivity index (χ4n) is 1.95. The maximum atomic E-state index is 11.7. The molecule has 0 radical (unpaired) electrons. The van der Waals surface area contributed by atoms with Crippen LogP contribution in [0.4, 0.5) is 5.69 Å². The Bertz CT molecular complexity index is 376. The molecule has 4 nitrogen and oxygen atoms in total. The van der Waals surface area contributed by atoms with Crippen molar-refractivity contribution in [2.45, 2.75) is 39.2 Å². The molecule has 0 saturated heterocycles. The van der Waals surface area contributed by atoms with Gasteiger partial charge in [-0.15, -0.1) is 0 Å². The molecule has 0 heterocycles. The smallest absolute Gasteiger partial charge is 0.251 e. The number of hydrogen-bond donors (Lipinski definition) is 3. The Hall–Kier alpha value is -1.55. The molecule has 3 N–H and O–H groups in total. The molecular formula is C15H24N2O2. The van der Waals surface area contributed by atoms with E-state index >= 15 is 0 Å². The van der Waals surface area contributed by atoms with E-state index < -0.39 is 0 Å². The van der Waals surface area contributed by atoms with Crippen molar-refractivity contribution in [1.82, 2.24) is 5.32 Å². The second-order valence-electron chi connectivity index (χ2n) is 4.60. The van der Waals surface area contributed by atoms with E-state index in [0.29, 0.717) is 11.6 Å². The zero-order valence-corrected chi connectivity index (χ0v) is 11.8. The van der Waals surface area contributed by atoms with Crippen LogP contribution in [0, 0.1) is 0 Å². The Morgan fingerprint density at radius 2 is 1.95 bits per heavy atom. The van der Waals surface area contributed by atoms with E-state index in [-0.39, 0.29) is 19.1 Å². The number of aliphatic hydroxyl groups excluding tert-OH is 1. The molecule has 4 heteroatoms. The number of carbonyl (C=O) groups excluding carboxylic acids is 1. The molecule has 0 aliphatic carbocycles. The molecule has 0 bridgehead atoms. The first-order valence-corrected chi connectivity index (χ1v) is 6.96. The number of carbonyl (C=O) groups is 1. The first-order chi connectivity index (χ1) is 9.21. The molecule has 1 rings (SSSR count). The molecule has 0 spiro atoms. The molecule has 1 aromatic carbocycles. The summed E-state index contributed by atoms with van der Waals surface area (Å²) in [4.78, 5) is 11.7. The summed E-state index contributed by atoms with van der Waals surface area (Å²) in [6.07, 6.45) is 3.40. The van der Waals surface area contributed by atoms with E-state index in [4.69, 9.17) is 5.11 Å². The average molecular weight is 264 g/mol. The third kappa shape index (κ3) is 5.30. The standard InChI is InChI=1S/C15H24N2O2/c1-3-5-13(4-2)17-14-8-6-12(7-9-14)15(19)16-10-11-18/h6-9,13,17-18H,3-5,10-11H2,1-2H3,(H,16,19). The number of amides is 1. The van der Waals surface area contributed by atoms with Crippen molar-refractivity contribution >= 4 is 11.6 Å². The van der Waals surface area contributed by atoms with E-state index in [1.54, 1.807) is 12.1 Å². The van der Waals surface area contributed by atoms with Crippen LogP contribution < -0.4 is 10.6 Å². The van der Waals surface area contributed by atoms with Crippen LogP contribution >= 0.6 is 0 Å². The number of anilines is 1. The van der Waals surface area contributed by atoms with Crippen molar-refractivity contribution in [3.05, 3.63) is 29.8 Å². The first-order valence-electron chi connectivity index (χ1n) is 6.96. The summed E-state index contributed by atoms with van der Waals surface area (Å²) in [6.45, 7) is 4.59. The predicted molar refractivity (Wildman–Crippen MR) is 78.5 cm³/mol. The first kappa shape index (κ1) is 15.5. The van der Waals surface area contributed by atoms with Gasteiger partial charge in [0.2, 0.25) is 0 Å². The number of rotatable bonds is 8. The van der Waals surface area contributed by atoms with Gasteiger partial charge in [-0.2, -0.15) is 0 Å². The topological polar surface area (TPSA) is 61.4 Å². The van der Waals surface area contributed by atoms with E-state index in [1.807, 2.05) is 12.1 Å². The normalized spacial score (nSPS) is 11.9. The largest absolute Gasteiger partial charge is 0.395 e. The van der Waals surface area contributed by atoms with Crippen LogP contribution in [0.1, 0.15) is 43.5 Å². The van der Waals surface area contributed by atoms with Crippen molar-refractivity contribution in [3.8, 4) is 0 Å². The lowest BCUT2D eigenvalue weighted by atomic mass is 10.1. The molecule has 106 valence electrons. The minimum Gasteiger partial charge on any atom is -0.395 e. The summed E-state index contributed by atoms with van der Waals surface area (Å²) >= 11 is 0. The second kappa shape index (κ2) is 8.53. The summed E-state index contributed by atoms with van der Waals surface area (Å²) in [6, 6.07) is 7.93. The van der Waals surface area contributed by atoms with Gasteiger partial charge >= 0.3 is 0 Å². The summed E-state index contributed by atoms with van der Waals surface area (Å²) < 4.78 is 0. The third-order valence-electron chi connectivity index (χ3n) is 3.05. The van der Waals surface area contributed by atoms with Gasteiger partial charge in [-0.1, -0.05) is 20.3 Å². The Morgan fingerprint density at radius 3 is 2.47 bits per heavy atom. The van der Waals surface area contributed by atoms with Gasteiger partial charge in [0.25, 0.3) is 5.91 Å². The van der Waals surface area contributed by atoms with Crippen molar-refractivity contribution in [1.29, 1.82) is 0 Å². The molecule has 0 aromatic heterocycles. The van der Waals surface area contributed by atoms with E-state index in [9.17, 15) is 4.79 Å². The van der Waals surface area contributed by atoms with Crippen LogP contribution in [0.15, 0.2) is 24.3 Å². The highest BCUT2D eigenvalue weighted by Crippen LogP contribution is 2.14. The minimum atomic E-state index is -0.152. The average Bonchev–Trinajstić information content (AvgIpc) is 2.45. The molecular weight excluding hydrogens is 240 g/mol. The lowest BCUT2D eigenvalue weighted by molar-refractivity contribution is 0.0945. The molecule has 0 saturated carbocycles. The van der Waals surface area contributed by atoms with Crippen LogP contribution in [0.2, 0.25) is 0 Å². The lowest BCUT2D eigenvalue weighted by Gasteiger charge is -2.17. The number of nitrogens with one attached hydrogen (secondary N) is 2. The highest BCUT2D eigenvalue weighted by molar-refractivity contribution is 5.94. The molecule has 0 fully saturated rings. The van der Waals surface area contributed by atoms with Gasteiger partial charge in [0, 0.05) is 23.8 Å². The molecule has 1 amide bonds. The molecule has 1 aromatic rings. The van der Waals surface area contributed by atoms with Gasteiger partial charge < -0.3 is 15.7 Å². The molecule has 0 aliphatic rings. The minimum absolute atomic E-state index is 0.0411. The third-order valence-corrected chi connectivity index (χ3v) is 3.05. The van der Waals surface area contributed by atoms with Crippen molar-refractivity contribution < 1.29 is 9.90 Å². The lowest BCUT2D eigenvalue weighted by Crippen LogP contribution is -2.26. The maximum Gasteiger partial charge on any atom is 0.251 e. The quantitative estimate of drug-likeness (QED) is 0.675. The van der Waals surface area contributed by atoms with E-state index in [1.165, 1.54) is 0 Å². The summed E-state index contributed by atoms with van der Waals surface area (Å²) in [5.74, 6) is -0.152. The fraction of sp³-hybridized carbons (Fsp3) is 0.533. The monoisotopic (exact) mass is 264 g/mol. The number of aliphatic hydroxyl groups is 1. The van der Waals surface area contributed by atoms with Crippen molar-refractivity contribution in [3.63, 3.8) is 0 Å². The van der Waals surface area contributed by atoms with Crippen LogP contribution in [0.5, 0.6) is 0 Å². The fourth-order valence-corrected chi connectivity index (χ4v) is 1.95. The van der Waals surface area contributed by atoms with Crippen molar-refractivity contribution in [2.24, 2.45) is 0 Å². The maximum absolute atomic E-state index is 11.7.